The molecule has 188 valence electrons. The van der Waals surface area contributed by atoms with Crippen LogP contribution in [0.25, 0.3) is 11.1 Å². The molecule has 3 amide bonds. The van der Waals surface area contributed by atoms with E-state index in [1.165, 1.54) is 0 Å². The lowest BCUT2D eigenvalue weighted by atomic mass is 9.83. The van der Waals surface area contributed by atoms with E-state index in [1.807, 2.05) is 68.4 Å². The van der Waals surface area contributed by atoms with Gasteiger partial charge in [0, 0.05) is 16.2 Å². The van der Waals surface area contributed by atoms with Gasteiger partial charge in [0.1, 0.15) is 0 Å². The molecule has 1 fully saturated rings. The van der Waals surface area contributed by atoms with E-state index in [2.05, 4.69) is 40.5 Å². The number of hydrogen-bond donors (Lipinski definition) is 3. The van der Waals surface area contributed by atoms with Gasteiger partial charge < -0.3 is 15.5 Å². The van der Waals surface area contributed by atoms with Crippen molar-refractivity contribution in [3.63, 3.8) is 0 Å². The summed E-state index contributed by atoms with van der Waals surface area (Å²) in [5, 5.41) is 13.6. The van der Waals surface area contributed by atoms with Crippen LogP contribution in [-0.4, -0.2) is 35.1 Å². The number of aromatic nitrogens is 2. The van der Waals surface area contributed by atoms with E-state index >= 15 is 0 Å². The van der Waals surface area contributed by atoms with Gasteiger partial charge in [0.2, 0.25) is 5.91 Å². The van der Waals surface area contributed by atoms with E-state index in [1.54, 1.807) is 4.90 Å². The van der Waals surface area contributed by atoms with E-state index < -0.39 is 13.6 Å². The number of amides is 3. The highest BCUT2D eigenvalue weighted by Gasteiger charge is 2.54. The molecule has 0 bridgehead atoms. The lowest BCUT2D eigenvalue weighted by Crippen LogP contribution is -2.52. The number of para-hydroxylation sites is 1. The molecule has 1 aliphatic heterocycles. The van der Waals surface area contributed by atoms with Gasteiger partial charge in [0.05, 0.1) is 31.5 Å². The van der Waals surface area contributed by atoms with Crippen molar-refractivity contribution in [3.05, 3.63) is 65.9 Å². The minimum absolute atomic E-state index is 0.0831. The van der Waals surface area contributed by atoms with Crippen molar-refractivity contribution >= 4 is 31.5 Å². The summed E-state index contributed by atoms with van der Waals surface area (Å²) >= 11 is 0. The number of carbonyl (C=O) groups is 2. The molecule has 0 atom stereocenters. The van der Waals surface area contributed by atoms with Gasteiger partial charge in [-0.15, -0.1) is 0 Å². The molecular weight excluding hydrogens is 466 g/mol. The fourth-order valence-corrected chi connectivity index (χ4v) is 8.26. The molecule has 5 rings (SSSR count). The summed E-state index contributed by atoms with van der Waals surface area (Å²) in [5.74, 6) is 0.632. The van der Waals surface area contributed by atoms with Crippen molar-refractivity contribution in [2.45, 2.75) is 69.9 Å². The summed E-state index contributed by atoms with van der Waals surface area (Å²) in [5.41, 5.74) is 3.90. The molecule has 0 radical (unpaired) electrons. The Morgan fingerprint density at radius 1 is 0.972 bits per heavy atom. The summed E-state index contributed by atoms with van der Waals surface area (Å²) in [6.45, 7) is 11.2. The largest absolute Gasteiger partial charge is 0.322 e. The van der Waals surface area contributed by atoms with Crippen molar-refractivity contribution in [2.24, 2.45) is 0 Å². The Hall–Kier alpha value is -3.39. The van der Waals surface area contributed by atoms with Crippen molar-refractivity contribution in [1.82, 2.24) is 15.1 Å². The number of carbonyl (C=O) groups excluding carboxylic acids is 2. The van der Waals surface area contributed by atoms with Crippen LogP contribution < -0.4 is 10.6 Å². The predicted molar refractivity (Wildman–Crippen MR) is 147 cm³/mol. The van der Waals surface area contributed by atoms with Crippen molar-refractivity contribution < 1.29 is 9.59 Å². The molecule has 1 aromatic heterocycles. The van der Waals surface area contributed by atoms with E-state index in [9.17, 15) is 9.59 Å². The SMILES string of the molecule is CC1(C)c2[nH]nc(NC(=O)C3([Si](C)(C)C)CCC3)c2CN1C(=O)Nc1ccccc1-c1ccccc1. The number of benzene rings is 2. The molecule has 36 heavy (non-hydrogen) atoms. The summed E-state index contributed by atoms with van der Waals surface area (Å²) in [6, 6.07) is 17.7. The number of nitrogens with one attached hydrogen (secondary N) is 3. The first-order chi connectivity index (χ1) is 17.0. The first-order valence-corrected chi connectivity index (χ1v) is 16.2. The van der Waals surface area contributed by atoms with Crippen LogP contribution in [-0.2, 0) is 16.9 Å². The maximum atomic E-state index is 13.6. The first kappa shape index (κ1) is 24.3. The lowest BCUT2D eigenvalue weighted by Gasteiger charge is -2.48. The summed E-state index contributed by atoms with van der Waals surface area (Å²) in [6.07, 6.45) is 2.99. The number of H-pyrrole nitrogens is 1. The summed E-state index contributed by atoms with van der Waals surface area (Å²) in [7, 11) is -1.71. The minimum atomic E-state index is -1.71. The average Bonchev–Trinajstić information content (AvgIpc) is 3.31. The molecule has 0 spiro atoms. The van der Waals surface area contributed by atoms with Crippen LogP contribution in [0, 0.1) is 0 Å². The van der Waals surface area contributed by atoms with Gasteiger partial charge in [-0.25, -0.2) is 4.79 Å². The second-order valence-electron chi connectivity index (χ2n) is 11.6. The third-order valence-corrected chi connectivity index (χ3v) is 11.9. The second kappa shape index (κ2) is 8.62. The Morgan fingerprint density at radius 3 is 2.28 bits per heavy atom. The Labute approximate surface area is 213 Å². The molecule has 2 aliphatic rings. The molecule has 3 aromatic rings. The van der Waals surface area contributed by atoms with Crippen LogP contribution in [0.4, 0.5) is 16.3 Å². The van der Waals surface area contributed by atoms with Gasteiger partial charge in [-0.05, 0) is 38.3 Å². The van der Waals surface area contributed by atoms with E-state index in [-0.39, 0.29) is 17.0 Å². The molecule has 7 nitrogen and oxygen atoms in total. The number of fused-ring (bicyclic) bond motifs is 1. The molecule has 2 heterocycles. The van der Waals surface area contributed by atoms with Crippen molar-refractivity contribution in [1.29, 1.82) is 0 Å². The quantitative estimate of drug-likeness (QED) is 0.346. The Morgan fingerprint density at radius 2 is 1.64 bits per heavy atom. The van der Waals surface area contributed by atoms with Gasteiger partial charge in [0.25, 0.3) is 0 Å². The number of rotatable bonds is 5. The average molecular weight is 502 g/mol. The Kier molecular flexibility index (Phi) is 5.82. The highest BCUT2D eigenvalue weighted by Crippen LogP contribution is 2.56. The molecular formula is C28H35N5O2Si. The van der Waals surface area contributed by atoms with Crippen LogP contribution in [0.2, 0.25) is 24.7 Å². The number of hydrogen-bond acceptors (Lipinski definition) is 3. The molecule has 0 saturated heterocycles. The number of urea groups is 1. The molecule has 3 N–H and O–H groups in total. The van der Waals surface area contributed by atoms with Crippen LogP contribution >= 0.6 is 0 Å². The van der Waals surface area contributed by atoms with Gasteiger partial charge in [-0.1, -0.05) is 74.6 Å². The smallest absolute Gasteiger partial charge is 0.309 e. The predicted octanol–water partition coefficient (Wildman–Crippen LogP) is 6.56. The molecule has 2 aromatic carbocycles. The maximum absolute atomic E-state index is 13.6. The molecule has 8 heteroatoms. The zero-order valence-electron chi connectivity index (χ0n) is 21.7. The van der Waals surface area contributed by atoms with Crippen LogP contribution in [0.3, 0.4) is 0 Å². The number of nitrogens with zero attached hydrogens (tertiary/aromatic N) is 2. The van der Waals surface area contributed by atoms with Gasteiger partial charge in [-0.2, -0.15) is 5.10 Å². The van der Waals surface area contributed by atoms with Crippen LogP contribution in [0.15, 0.2) is 54.6 Å². The number of anilines is 2. The van der Waals surface area contributed by atoms with Crippen molar-refractivity contribution in [3.8, 4) is 11.1 Å². The topological polar surface area (TPSA) is 90.1 Å². The zero-order valence-corrected chi connectivity index (χ0v) is 22.7. The first-order valence-electron chi connectivity index (χ1n) is 12.7. The van der Waals surface area contributed by atoms with Crippen LogP contribution in [0.1, 0.15) is 44.4 Å². The standard InChI is InChI=1S/C28H35N5O2Si/c1-27(2)23-21(24(32-31-23)30-25(34)28(16-11-17-28)36(3,4)5)18-33(27)26(35)29-22-15-10-9-14-20(22)19-12-7-6-8-13-19/h6-10,12-15H,11,16-18H2,1-5H3,(H,29,35)(H2,30,31,32,34). The van der Waals surface area contributed by atoms with E-state index in [0.717, 1.165) is 47.3 Å². The van der Waals surface area contributed by atoms with Crippen LogP contribution in [0.5, 0.6) is 0 Å². The summed E-state index contributed by atoms with van der Waals surface area (Å²) in [4.78, 5) is 28.8. The normalized spacial score (nSPS) is 17.8. The Bertz CT molecular complexity index is 1300. The van der Waals surface area contributed by atoms with E-state index in [4.69, 9.17) is 0 Å². The highest BCUT2D eigenvalue weighted by molar-refractivity contribution is 6.83. The third-order valence-electron chi connectivity index (χ3n) is 8.28. The van der Waals surface area contributed by atoms with Gasteiger partial charge >= 0.3 is 6.03 Å². The van der Waals surface area contributed by atoms with Crippen molar-refractivity contribution in [2.75, 3.05) is 10.6 Å². The molecule has 1 aliphatic carbocycles. The number of aromatic amines is 1. The van der Waals surface area contributed by atoms with Gasteiger partial charge in [-0.3, -0.25) is 9.89 Å². The summed E-state index contributed by atoms with van der Waals surface area (Å²) < 4.78 is 0. The van der Waals surface area contributed by atoms with Gasteiger partial charge in [0.15, 0.2) is 5.82 Å². The maximum Gasteiger partial charge on any atom is 0.322 e. The van der Waals surface area contributed by atoms with E-state index in [0.29, 0.717) is 12.4 Å². The second-order valence-corrected chi connectivity index (χ2v) is 17.0. The fraction of sp³-hybridized carbons (Fsp3) is 0.393. The molecule has 0 unspecified atom stereocenters. The highest BCUT2D eigenvalue weighted by atomic mass is 28.3. The fourth-order valence-electron chi connectivity index (χ4n) is 5.66. The lowest BCUT2D eigenvalue weighted by molar-refractivity contribution is -0.121. The third kappa shape index (κ3) is 3.84. The monoisotopic (exact) mass is 501 g/mol. The minimum Gasteiger partial charge on any atom is -0.309 e. The Balaban J connectivity index is 1.37. The zero-order chi connectivity index (χ0) is 25.7. The molecule has 1 saturated carbocycles.